The lowest BCUT2D eigenvalue weighted by molar-refractivity contribution is -0.116. The van der Waals surface area contributed by atoms with Crippen molar-refractivity contribution in [1.82, 2.24) is 30.1 Å². The second-order valence-electron chi connectivity index (χ2n) is 8.81. The molecule has 3 unspecified atom stereocenters. The monoisotopic (exact) mass is 454 g/mol. The van der Waals surface area contributed by atoms with E-state index in [4.69, 9.17) is 10.7 Å². The van der Waals surface area contributed by atoms with Gasteiger partial charge in [0.15, 0.2) is 11.5 Å². The summed E-state index contributed by atoms with van der Waals surface area (Å²) in [6, 6.07) is 3.81. The number of nitrogens with one attached hydrogen (secondary N) is 3. The molecule has 0 aliphatic heterocycles. The highest BCUT2D eigenvalue weighted by Crippen LogP contribution is 2.59. The van der Waals surface area contributed by atoms with Crippen molar-refractivity contribution in [3.8, 4) is 22.6 Å². The number of nitrogens with zero attached hydrogens (tertiary/aromatic N) is 4. The van der Waals surface area contributed by atoms with Crippen molar-refractivity contribution in [2.24, 2.45) is 17.6 Å². The molecule has 170 valence electrons. The molecular formula is C24H22N8O2. The summed E-state index contributed by atoms with van der Waals surface area (Å²) in [6.07, 6.45) is 7.37. The minimum absolute atomic E-state index is 0.0805. The Morgan fingerprint density at radius 2 is 2.00 bits per heavy atom. The van der Waals surface area contributed by atoms with Gasteiger partial charge in [0.2, 0.25) is 5.91 Å². The normalized spacial score (nSPS) is 20.4. The van der Waals surface area contributed by atoms with Crippen LogP contribution in [0.25, 0.3) is 39.3 Å². The average Bonchev–Trinajstić information content (AvgIpc) is 3.18. The maximum absolute atomic E-state index is 12.0. The van der Waals surface area contributed by atoms with Gasteiger partial charge in [-0.3, -0.25) is 19.7 Å². The summed E-state index contributed by atoms with van der Waals surface area (Å²) in [4.78, 5) is 40.7. The van der Waals surface area contributed by atoms with Gasteiger partial charge >= 0.3 is 0 Å². The van der Waals surface area contributed by atoms with E-state index in [1.807, 2.05) is 18.2 Å². The van der Waals surface area contributed by atoms with E-state index in [1.165, 1.54) is 0 Å². The van der Waals surface area contributed by atoms with Crippen molar-refractivity contribution in [2.75, 3.05) is 5.32 Å². The van der Waals surface area contributed by atoms with Crippen molar-refractivity contribution in [1.29, 1.82) is 0 Å². The van der Waals surface area contributed by atoms with Gasteiger partial charge in [-0.15, -0.1) is 0 Å². The number of aromatic nitrogens is 6. The zero-order chi connectivity index (χ0) is 23.6. The molecule has 3 atom stereocenters. The first kappa shape index (κ1) is 20.3. The number of hydrogen-bond acceptors (Lipinski definition) is 6. The number of carbonyl (C=O) groups excluding carboxylic acids is 2. The van der Waals surface area contributed by atoms with Gasteiger partial charge in [0, 0.05) is 41.6 Å². The molecule has 1 fully saturated rings. The Balaban J connectivity index is 1.41. The number of aromatic amines is 2. The number of imidazole rings is 1. The molecule has 4 aromatic rings. The number of primary amides is 1. The Hall–Kier alpha value is -4.34. The van der Waals surface area contributed by atoms with Gasteiger partial charge in [-0.1, -0.05) is 19.9 Å². The number of H-pyrrole nitrogens is 2. The van der Waals surface area contributed by atoms with E-state index >= 15 is 0 Å². The lowest BCUT2D eigenvalue weighted by Crippen LogP contribution is -2.16. The highest BCUT2D eigenvalue weighted by Gasteiger charge is 2.52. The molecule has 0 spiro atoms. The Morgan fingerprint density at radius 1 is 1.18 bits per heavy atom. The van der Waals surface area contributed by atoms with Gasteiger partial charge in [-0.25, -0.2) is 9.97 Å². The van der Waals surface area contributed by atoms with Crippen LogP contribution in [0.4, 0.5) is 5.69 Å². The molecule has 0 aromatic carbocycles. The third-order valence-electron chi connectivity index (χ3n) is 6.72. The van der Waals surface area contributed by atoms with Crippen molar-refractivity contribution < 1.29 is 9.59 Å². The van der Waals surface area contributed by atoms with Crippen molar-refractivity contribution >= 4 is 34.1 Å². The van der Waals surface area contributed by atoms with Crippen LogP contribution in [0.15, 0.2) is 36.8 Å². The summed E-state index contributed by atoms with van der Waals surface area (Å²) >= 11 is 0. The summed E-state index contributed by atoms with van der Waals surface area (Å²) < 4.78 is 0. The number of hydrogen-bond donors (Lipinski definition) is 4. The van der Waals surface area contributed by atoms with Gasteiger partial charge in [0.25, 0.3) is 5.91 Å². The van der Waals surface area contributed by atoms with Crippen molar-refractivity contribution in [3.63, 3.8) is 0 Å². The molecule has 10 heteroatoms. The van der Waals surface area contributed by atoms with Crippen LogP contribution in [-0.2, 0) is 9.59 Å². The Bertz CT molecular complexity index is 1510. The fourth-order valence-corrected chi connectivity index (χ4v) is 4.78. The van der Waals surface area contributed by atoms with Gasteiger partial charge in [-0.2, -0.15) is 5.10 Å². The molecule has 2 aliphatic rings. The van der Waals surface area contributed by atoms with Gasteiger partial charge in [0.1, 0.15) is 5.69 Å². The number of rotatable bonds is 5. The van der Waals surface area contributed by atoms with E-state index in [-0.39, 0.29) is 5.91 Å². The lowest BCUT2D eigenvalue weighted by Gasteiger charge is -2.07. The van der Waals surface area contributed by atoms with Gasteiger partial charge < -0.3 is 16.0 Å². The van der Waals surface area contributed by atoms with E-state index in [0.29, 0.717) is 58.3 Å². The largest absolute Gasteiger partial charge is 0.366 e. The van der Waals surface area contributed by atoms with Crippen molar-refractivity contribution in [3.05, 3.63) is 48.2 Å². The molecule has 34 heavy (non-hydrogen) atoms. The molecule has 10 nitrogen and oxygen atoms in total. The molecule has 2 amide bonds. The minimum atomic E-state index is -0.474. The quantitative estimate of drug-likeness (QED) is 0.363. The first-order chi connectivity index (χ1) is 16.4. The van der Waals surface area contributed by atoms with Crippen LogP contribution in [0.1, 0.15) is 37.6 Å². The molecule has 5 N–H and O–H groups in total. The van der Waals surface area contributed by atoms with E-state index in [2.05, 4.69) is 37.4 Å². The topological polar surface area (TPSA) is 155 Å². The van der Waals surface area contributed by atoms with Crippen LogP contribution in [-0.4, -0.2) is 41.9 Å². The van der Waals surface area contributed by atoms with Gasteiger partial charge in [-0.05, 0) is 24.0 Å². The Morgan fingerprint density at radius 3 is 2.79 bits per heavy atom. The zero-order valence-electron chi connectivity index (χ0n) is 18.6. The molecule has 0 radical (unpaired) electrons. The van der Waals surface area contributed by atoms with Crippen LogP contribution in [0, 0.1) is 11.8 Å². The molecule has 0 bridgehead atoms. The van der Waals surface area contributed by atoms with Gasteiger partial charge in [0.05, 0.1) is 28.5 Å². The Kier molecular flexibility index (Phi) is 4.38. The van der Waals surface area contributed by atoms with E-state index in [0.717, 1.165) is 22.2 Å². The standard InChI is InChI=1S/C24H22N8O2/c1-3-17(33)28-13-4-11(7-26-9-13)12-5-16-20(31-32-23(16)27-8-12)24-29-19-15(22(25)34)6-14-10(2)18(14)21(19)30-24/h4-10,14,18H,3H2,1-2H3,(H2,25,34)(H,28,33)(H,29,30)(H,27,31,32). The molecule has 2 aliphatic carbocycles. The van der Waals surface area contributed by atoms with Crippen LogP contribution >= 0.6 is 0 Å². The molecule has 0 saturated heterocycles. The molecule has 1 saturated carbocycles. The summed E-state index contributed by atoms with van der Waals surface area (Å²) in [7, 11) is 0. The number of amides is 2. The number of carbonyl (C=O) groups is 2. The first-order valence-electron chi connectivity index (χ1n) is 11.2. The van der Waals surface area contributed by atoms with Crippen LogP contribution in [0.2, 0.25) is 0 Å². The second-order valence-corrected chi connectivity index (χ2v) is 8.81. The summed E-state index contributed by atoms with van der Waals surface area (Å²) in [5.74, 6) is 1.09. The van der Waals surface area contributed by atoms with Crippen molar-refractivity contribution in [2.45, 2.75) is 26.2 Å². The third kappa shape index (κ3) is 3.10. The lowest BCUT2D eigenvalue weighted by atomic mass is 10.00. The van der Waals surface area contributed by atoms with Crippen LogP contribution in [0.5, 0.6) is 0 Å². The maximum atomic E-state index is 12.0. The first-order valence-corrected chi connectivity index (χ1v) is 11.2. The number of pyridine rings is 2. The van der Waals surface area contributed by atoms with E-state index in [1.54, 1.807) is 25.5 Å². The molecule has 6 rings (SSSR count). The summed E-state index contributed by atoms with van der Waals surface area (Å²) in [6.45, 7) is 3.95. The SMILES string of the molecule is CCC(=O)Nc1cncc(-c2cnc3n[nH]c(-c4nc5c([nH]4)C4C(C)C4C=C5C(N)=O)c3c2)c1. The fourth-order valence-electron chi connectivity index (χ4n) is 4.78. The average molecular weight is 454 g/mol. The predicted molar refractivity (Wildman–Crippen MR) is 126 cm³/mol. The summed E-state index contributed by atoms with van der Waals surface area (Å²) in [5, 5.41) is 11.0. The fraction of sp³-hybridized carbons (Fsp3) is 0.250. The minimum Gasteiger partial charge on any atom is -0.366 e. The number of fused-ring (bicyclic) bond motifs is 4. The summed E-state index contributed by atoms with van der Waals surface area (Å²) in [5.41, 5.74) is 11.1. The molecular weight excluding hydrogens is 432 g/mol. The van der Waals surface area contributed by atoms with Crippen LogP contribution in [0.3, 0.4) is 0 Å². The number of anilines is 1. The Labute approximate surface area is 194 Å². The molecule has 4 heterocycles. The van der Waals surface area contributed by atoms with Crippen LogP contribution < -0.4 is 11.1 Å². The third-order valence-corrected chi connectivity index (χ3v) is 6.72. The number of nitrogens with two attached hydrogens (primary N) is 1. The highest BCUT2D eigenvalue weighted by molar-refractivity contribution is 6.19. The second kappa shape index (κ2) is 7.34. The maximum Gasteiger partial charge on any atom is 0.250 e. The van der Waals surface area contributed by atoms with E-state index < -0.39 is 5.91 Å². The molecule has 4 aromatic heterocycles. The zero-order valence-corrected chi connectivity index (χ0v) is 18.6. The predicted octanol–water partition coefficient (Wildman–Crippen LogP) is 2.99. The highest BCUT2D eigenvalue weighted by atomic mass is 16.1. The van der Waals surface area contributed by atoms with E-state index in [9.17, 15) is 9.59 Å². The smallest absolute Gasteiger partial charge is 0.250 e. The number of allylic oxidation sites excluding steroid dienone is 1.